The highest BCUT2D eigenvalue weighted by atomic mass is 16.4. The van der Waals surface area contributed by atoms with E-state index in [1.54, 1.807) is 0 Å². The number of nitrogens with two attached hydrogens (primary N) is 1. The quantitative estimate of drug-likeness (QED) is 0.701. The standard InChI is InChI=1S/C13H22N2O3/c14-10-5-3-9(4-6-10)11(16)15-13(12(17)18)7-1-2-8-13/h9-10H,1-8,14H2,(H,15,16)(H,17,18). The third kappa shape index (κ3) is 2.66. The van der Waals surface area contributed by atoms with Crippen molar-refractivity contribution >= 4 is 11.9 Å². The molecule has 0 aromatic carbocycles. The van der Waals surface area contributed by atoms with E-state index < -0.39 is 11.5 Å². The van der Waals surface area contributed by atoms with Crippen LogP contribution in [0.5, 0.6) is 0 Å². The second kappa shape index (κ2) is 5.26. The zero-order chi connectivity index (χ0) is 13.2. The second-order valence-corrected chi connectivity index (χ2v) is 5.70. The molecule has 0 aromatic heterocycles. The van der Waals surface area contributed by atoms with Gasteiger partial charge in [-0.05, 0) is 38.5 Å². The van der Waals surface area contributed by atoms with Crippen molar-refractivity contribution in [2.75, 3.05) is 0 Å². The number of aliphatic carboxylic acids is 1. The van der Waals surface area contributed by atoms with Crippen LogP contribution in [0, 0.1) is 5.92 Å². The van der Waals surface area contributed by atoms with E-state index in [-0.39, 0.29) is 17.9 Å². The molecular formula is C13H22N2O3. The van der Waals surface area contributed by atoms with Crippen LogP contribution in [0.25, 0.3) is 0 Å². The molecule has 0 atom stereocenters. The fourth-order valence-electron chi connectivity index (χ4n) is 3.09. The van der Waals surface area contributed by atoms with Crippen LogP contribution >= 0.6 is 0 Å². The van der Waals surface area contributed by atoms with Crippen molar-refractivity contribution in [3.8, 4) is 0 Å². The number of hydrogen-bond donors (Lipinski definition) is 3. The van der Waals surface area contributed by atoms with Crippen molar-refractivity contribution < 1.29 is 14.7 Å². The summed E-state index contributed by atoms with van der Waals surface area (Å²) in [4.78, 5) is 23.5. The molecule has 1 amide bonds. The molecule has 0 aliphatic heterocycles. The molecule has 0 aromatic rings. The van der Waals surface area contributed by atoms with Crippen molar-refractivity contribution in [3.05, 3.63) is 0 Å². The molecule has 2 rings (SSSR count). The molecule has 2 aliphatic carbocycles. The topological polar surface area (TPSA) is 92.4 Å². The number of nitrogens with one attached hydrogen (secondary N) is 1. The molecule has 18 heavy (non-hydrogen) atoms. The van der Waals surface area contributed by atoms with Gasteiger partial charge in [-0.1, -0.05) is 12.8 Å². The number of carboxylic acids is 1. The first kappa shape index (κ1) is 13.3. The fraction of sp³-hybridized carbons (Fsp3) is 0.846. The van der Waals surface area contributed by atoms with Gasteiger partial charge in [-0.2, -0.15) is 0 Å². The van der Waals surface area contributed by atoms with E-state index >= 15 is 0 Å². The third-order valence-electron chi connectivity index (χ3n) is 4.37. The van der Waals surface area contributed by atoms with Gasteiger partial charge in [-0.3, -0.25) is 4.79 Å². The molecule has 0 bridgehead atoms. The van der Waals surface area contributed by atoms with Crippen molar-refractivity contribution in [2.24, 2.45) is 11.7 Å². The Bertz CT molecular complexity index is 329. The lowest BCUT2D eigenvalue weighted by Crippen LogP contribution is -2.54. The van der Waals surface area contributed by atoms with Gasteiger partial charge in [0.15, 0.2) is 0 Å². The minimum absolute atomic E-state index is 0.0541. The Hall–Kier alpha value is -1.10. The molecular weight excluding hydrogens is 232 g/mol. The summed E-state index contributed by atoms with van der Waals surface area (Å²) in [6.45, 7) is 0. The highest BCUT2D eigenvalue weighted by Crippen LogP contribution is 2.31. The number of carbonyl (C=O) groups excluding carboxylic acids is 1. The Morgan fingerprint density at radius 2 is 1.67 bits per heavy atom. The maximum Gasteiger partial charge on any atom is 0.329 e. The summed E-state index contributed by atoms with van der Waals surface area (Å²) in [6, 6.07) is 0.203. The van der Waals surface area contributed by atoms with Crippen molar-refractivity contribution in [1.82, 2.24) is 5.32 Å². The lowest BCUT2D eigenvalue weighted by atomic mass is 9.85. The van der Waals surface area contributed by atoms with E-state index in [1.807, 2.05) is 0 Å². The van der Waals surface area contributed by atoms with Gasteiger partial charge >= 0.3 is 5.97 Å². The van der Waals surface area contributed by atoms with Gasteiger partial charge in [0, 0.05) is 12.0 Å². The Labute approximate surface area is 107 Å². The molecule has 2 saturated carbocycles. The van der Waals surface area contributed by atoms with Crippen molar-refractivity contribution in [3.63, 3.8) is 0 Å². The number of amides is 1. The third-order valence-corrected chi connectivity index (χ3v) is 4.37. The maximum atomic E-state index is 12.2. The molecule has 2 fully saturated rings. The highest BCUT2D eigenvalue weighted by Gasteiger charge is 2.43. The smallest absolute Gasteiger partial charge is 0.329 e. The van der Waals surface area contributed by atoms with Gasteiger partial charge in [0.05, 0.1) is 0 Å². The normalized spacial score (nSPS) is 30.9. The summed E-state index contributed by atoms with van der Waals surface area (Å²) < 4.78 is 0. The van der Waals surface area contributed by atoms with Crippen LogP contribution < -0.4 is 11.1 Å². The van der Waals surface area contributed by atoms with E-state index in [0.717, 1.165) is 38.5 Å². The van der Waals surface area contributed by atoms with E-state index in [1.165, 1.54) is 0 Å². The monoisotopic (exact) mass is 254 g/mol. The van der Waals surface area contributed by atoms with Gasteiger partial charge in [0.1, 0.15) is 5.54 Å². The van der Waals surface area contributed by atoms with Crippen molar-refractivity contribution in [2.45, 2.75) is 62.9 Å². The van der Waals surface area contributed by atoms with Crippen LogP contribution in [0.3, 0.4) is 0 Å². The van der Waals surface area contributed by atoms with E-state index in [9.17, 15) is 14.7 Å². The van der Waals surface area contributed by atoms with Gasteiger partial charge < -0.3 is 16.2 Å². The fourth-order valence-corrected chi connectivity index (χ4v) is 3.09. The molecule has 2 aliphatic rings. The second-order valence-electron chi connectivity index (χ2n) is 5.70. The SMILES string of the molecule is NC1CCC(C(=O)NC2(C(=O)O)CCCC2)CC1. The zero-order valence-corrected chi connectivity index (χ0v) is 10.7. The number of hydrogen-bond acceptors (Lipinski definition) is 3. The summed E-state index contributed by atoms with van der Waals surface area (Å²) in [5, 5.41) is 12.1. The van der Waals surface area contributed by atoms with Crippen LogP contribution in [0.15, 0.2) is 0 Å². The first-order chi connectivity index (χ1) is 8.53. The molecule has 0 unspecified atom stereocenters. The molecule has 0 radical (unpaired) electrons. The molecule has 102 valence electrons. The van der Waals surface area contributed by atoms with Crippen LogP contribution in [0.4, 0.5) is 0 Å². The van der Waals surface area contributed by atoms with E-state index in [0.29, 0.717) is 12.8 Å². The zero-order valence-electron chi connectivity index (χ0n) is 10.7. The highest BCUT2D eigenvalue weighted by molar-refractivity contribution is 5.88. The molecule has 5 heteroatoms. The van der Waals surface area contributed by atoms with Gasteiger partial charge in [0.2, 0.25) is 5.91 Å². The van der Waals surface area contributed by atoms with Crippen LogP contribution in [0.1, 0.15) is 51.4 Å². The lowest BCUT2D eigenvalue weighted by molar-refractivity contribution is -0.148. The molecule has 5 nitrogen and oxygen atoms in total. The largest absolute Gasteiger partial charge is 0.480 e. The first-order valence-corrected chi connectivity index (χ1v) is 6.84. The molecule has 0 spiro atoms. The van der Waals surface area contributed by atoms with Crippen molar-refractivity contribution in [1.29, 1.82) is 0 Å². The average molecular weight is 254 g/mol. The summed E-state index contributed by atoms with van der Waals surface area (Å²) in [5.74, 6) is -1.03. The summed E-state index contributed by atoms with van der Waals surface area (Å²) in [6.07, 6.45) is 6.15. The van der Waals surface area contributed by atoms with Gasteiger partial charge in [-0.15, -0.1) is 0 Å². The van der Waals surface area contributed by atoms with E-state index in [4.69, 9.17) is 5.73 Å². The number of carbonyl (C=O) groups is 2. The number of carboxylic acid groups (broad SMARTS) is 1. The Morgan fingerprint density at radius 1 is 1.11 bits per heavy atom. The molecule has 0 heterocycles. The summed E-state index contributed by atoms with van der Waals surface area (Å²) >= 11 is 0. The van der Waals surface area contributed by atoms with E-state index in [2.05, 4.69) is 5.32 Å². The minimum atomic E-state index is -1.00. The predicted octanol–water partition coefficient (Wildman–Crippen LogP) is 1.02. The first-order valence-electron chi connectivity index (χ1n) is 6.84. The Kier molecular flexibility index (Phi) is 3.90. The molecule has 4 N–H and O–H groups in total. The van der Waals surface area contributed by atoms with Crippen LogP contribution in [0.2, 0.25) is 0 Å². The van der Waals surface area contributed by atoms with Crippen LogP contribution in [-0.4, -0.2) is 28.6 Å². The van der Waals surface area contributed by atoms with Crippen LogP contribution in [-0.2, 0) is 9.59 Å². The number of rotatable bonds is 3. The van der Waals surface area contributed by atoms with Gasteiger partial charge in [-0.25, -0.2) is 4.79 Å². The molecule has 0 saturated heterocycles. The maximum absolute atomic E-state index is 12.2. The van der Waals surface area contributed by atoms with Gasteiger partial charge in [0.25, 0.3) is 0 Å². The predicted molar refractivity (Wildman–Crippen MR) is 66.9 cm³/mol. The summed E-state index contributed by atoms with van der Waals surface area (Å²) in [5.41, 5.74) is 4.81. The Balaban J connectivity index is 1.95. The average Bonchev–Trinajstić information content (AvgIpc) is 2.79. The lowest BCUT2D eigenvalue weighted by Gasteiger charge is -2.30. The summed E-state index contributed by atoms with van der Waals surface area (Å²) in [7, 11) is 0. The minimum Gasteiger partial charge on any atom is -0.480 e. The Morgan fingerprint density at radius 3 is 2.17 bits per heavy atom.